The lowest BCUT2D eigenvalue weighted by molar-refractivity contribution is -0.136. The van der Waals surface area contributed by atoms with Gasteiger partial charge in [0, 0.05) is 44.1 Å². The fourth-order valence-electron chi connectivity index (χ4n) is 4.25. The van der Waals surface area contributed by atoms with Crippen molar-refractivity contribution >= 4 is 17.2 Å². The van der Waals surface area contributed by atoms with Crippen molar-refractivity contribution in [3.63, 3.8) is 0 Å². The summed E-state index contributed by atoms with van der Waals surface area (Å²) < 4.78 is 0. The number of carbonyl (C=O) groups excluding carboxylic acids is 1. The molecule has 0 saturated carbocycles. The lowest BCUT2D eigenvalue weighted by atomic mass is 9.87. The van der Waals surface area contributed by atoms with Crippen LogP contribution in [-0.4, -0.2) is 41.4 Å². The fourth-order valence-corrected chi connectivity index (χ4v) is 4.91. The van der Waals surface area contributed by atoms with Crippen molar-refractivity contribution in [3.05, 3.63) is 57.8 Å². The van der Waals surface area contributed by atoms with Crippen LogP contribution in [0.3, 0.4) is 0 Å². The van der Waals surface area contributed by atoms with Crippen molar-refractivity contribution in [2.24, 2.45) is 11.8 Å². The van der Waals surface area contributed by atoms with Gasteiger partial charge < -0.3 is 4.90 Å². The second-order valence-electron chi connectivity index (χ2n) is 8.84. The van der Waals surface area contributed by atoms with E-state index in [1.54, 1.807) is 11.3 Å². The summed E-state index contributed by atoms with van der Waals surface area (Å²) in [7, 11) is 0. The van der Waals surface area contributed by atoms with E-state index in [0.717, 1.165) is 26.2 Å². The number of amides is 1. The molecule has 28 heavy (non-hydrogen) atoms. The Morgan fingerprint density at radius 1 is 1.14 bits per heavy atom. The molecule has 0 radical (unpaired) electrons. The van der Waals surface area contributed by atoms with E-state index in [1.807, 2.05) is 13.8 Å². The molecule has 2 heterocycles. The van der Waals surface area contributed by atoms with Gasteiger partial charge in [0.25, 0.3) is 0 Å². The molecule has 4 heteroatoms. The zero-order valence-corrected chi connectivity index (χ0v) is 18.7. The van der Waals surface area contributed by atoms with Crippen LogP contribution in [-0.2, 0) is 11.3 Å². The third-order valence-electron chi connectivity index (χ3n) is 5.84. The second kappa shape index (κ2) is 9.23. The van der Waals surface area contributed by atoms with Crippen LogP contribution >= 0.6 is 11.3 Å². The Kier molecular flexibility index (Phi) is 6.95. The van der Waals surface area contributed by atoms with E-state index in [9.17, 15) is 4.79 Å². The van der Waals surface area contributed by atoms with Crippen molar-refractivity contribution < 1.29 is 4.79 Å². The average Bonchev–Trinajstić information content (AvgIpc) is 3.29. The number of nitrogens with zero attached hydrogens (tertiary/aromatic N) is 2. The second-order valence-corrected chi connectivity index (χ2v) is 9.62. The molecule has 2 unspecified atom stereocenters. The van der Waals surface area contributed by atoms with Crippen LogP contribution in [0.4, 0.5) is 0 Å². The largest absolute Gasteiger partial charge is 0.340 e. The van der Waals surface area contributed by atoms with Gasteiger partial charge in [-0.1, -0.05) is 43.7 Å². The maximum absolute atomic E-state index is 12.8. The first-order chi connectivity index (χ1) is 13.3. The Bertz CT molecular complexity index is 751. The zero-order valence-electron chi connectivity index (χ0n) is 17.9. The molecular weight excluding hydrogens is 364 g/mol. The monoisotopic (exact) mass is 398 g/mol. The number of hydrogen-bond donors (Lipinski definition) is 0. The molecule has 0 aliphatic carbocycles. The maximum Gasteiger partial charge on any atom is 0.225 e. The smallest absolute Gasteiger partial charge is 0.225 e. The number of likely N-dealkylation sites (tertiary alicyclic amines) is 1. The van der Waals surface area contributed by atoms with Gasteiger partial charge in [0.1, 0.15) is 0 Å². The molecule has 1 aliphatic heterocycles. The molecule has 1 amide bonds. The van der Waals surface area contributed by atoms with Crippen LogP contribution in [0, 0.1) is 18.8 Å². The topological polar surface area (TPSA) is 23.6 Å². The molecule has 1 aromatic heterocycles. The zero-order chi connectivity index (χ0) is 20.3. The van der Waals surface area contributed by atoms with Gasteiger partial charge in [-0.3, -0.25) is 9.69 Å². The summed E-state index contributed by atoms with van der Waals surface area (Å²) in [5.74, 6) is 1.25. The Balaban J connectivity index is 1.81. The number of rotatable bonds is 7. The van der Waals surface area contributed by atoms with Crippen LogP contribution in [0.1, 0.15) is 50.3 Å². The van der Waals surface area contributed by atoms with Crippen molar-refractivity contribution in [3.8, 4) is 0 Å². The highest BCUT2D eigenvalue weighted by Gasteiger charge is 2.36. The van der Waals surface area contributed by atoms with Crippen molar-refractivity contribution in [1.29, 1.82) is 0 Å². The fraction of sp³-hybridized carbons (Fsp3) is 0.542. The SMILES string of the molecule is Cc1ccc(C2CN(Cc3ccsc3)CC2CN(C(=O)C(C)C)C(C)C)cc1. The Hall–Kier alpha value is -1.65. The van der Waals surface area contributed by atoms with Gasteiger partial charge in [0.05, 0.1) is 0 Å². The molecule has 0 spiro atoms. The van der Waals surface area contributed by atoms with Gasteiger partial charge in [0.2, 0.25) is 5.91 Å². The van der Waals surface area contributed by atoms with E-state index in [2.05, 4.69) is 71.7 Å². The predicted molar refractivity (Wildman–Crippen MR) is 119 cm³/mol. The minimum absolute atomic E-state index is 0.0449. The molecule has 2 atom stereocenters. The van der Waals surface area contributed by atoms with Gasteiger partial charge in [-0.2, -0.15) is 11.3 Å². The van der Waals surface area contributed by atoms with E-state index in [4.69, 9.17) is 0 Å². The summed E-state index contributed by atoms with van der Waals surface area (Å²) >= 11 is 1.76. The summed E-state index contributed by atoms with van der Waals surface area (Å²) in [6, 6.07) is 11.5. The number of benzene rings is 1. The van der Waals surface area contributed by atoms with Gasteiger partial charge >= 0.3 is 0 Å². The standard InChI is InChI=1S/C24H34N2OS/c1-17(2)24(27)26(18(3)4)14-22-13-25(12-20-10-11-28-16-20)15-23(22)21-8-6-19(5)7-9-21/h6-11,16-18,22-23H,12-15H2,1-5H3. The predicted octanol–water partition coefficient (Wildman–Crippen LogP) is 5.17. The van der Waals surface area contributed by atoms with E-state index in [1.165, 1.54) is 16.7 Å². The normalized spacial score (nSPS) is 20.2. The van der Waals surface area contributed by atoms with E-state index in [0.29, 0.717) is 11.8 Å². The summed E-state index contributed by atoms with van der Waals surface area (Å²) in [5, 5.41) is 4.40. The molecule has 1 aliphatic rings. The minimum atomic E-state index is 0.0449. The first kappa shape index (κ1) is 21.1. The lowest BCUT2D eigenvalue weighted by Gasteiger charge is -2.33. The van der Waals surface area contributed by atoms with Crippen molar-refractivity contribution in [2.75, 3.05) is 19.6 Å². The quantitative estimate of drug-likeness (QED) is 0.643. The summed E-state index contributed by atoms with van der Waals surface area (Å²) in [6.45, 7) is 14.4. The van der Waals surface area contributed by atoms with Gasteiger partial charge in [0.15, 0.2) is 0 Å². The Labute approximate surface area is 174 Å². The van der Waals surface area contributed by atoms with E-state index in [-0.39, 0.29) is 17.9 Å². The Morgan fingerprint density at radius 2 is 1.86 bits per heavy atom. The van der Waals surface area contributed by atoms with Crippen LogP contribution in [0.5, 0.6) is 0 Å². The maximum atomic E-state index is 12.8. The van der Waals surface area contributed by atoms with Crippen LogP contribution in [0.25, 0.3) is 0 Å². The summed E-state index contributed by atoms with van der Waals surface area (Å²) in [6.07, 6.45) is 0. The van der Waals surface area contributed by atoms with Crippen molar-refractivity contribution in [2.45, 2.75) is 53.1 Å². The van der Waals surface area contributed by atoms with E-state index < -0.39 is 0 Å². The molecule has 2 aromatic rings. The Morgan fingerprint density at radius 3 is 2.43 bits per heavy atom. The molecule has 1 fully saturated rings. The van der Waals surface area contributed by atoms with Crippen molar-refractivity contribution in [1.82, 2.24) is 9.80 Å². The third-order valence-corrected chi connectivity index (χ3v) is 6.57. The number of carbonyl (C=O) groups is 1. The molecule has 1 saturated heterocycles. The highest BCUT2D eigenvalue weighted by Crippen LogP contribution is 2.35. The van der Waals surface area contributed by atoms with Crippen LogP contribution in [0.2, 0.25) is 0 Å². The van der Waals surface area contributed by atoms with Gasteiger partial charge in [-0.25, -0.2) is 0 Å². The lowest BCUT2D eigenvalue weighted by Crippen LogP contribution is -2.43. The number of aryl methyl sites for hydroxylation is 1. The molecule has 0 N–H and O–H groups in total. The van der Waals surface area contributed by atoms with Gasteiger partial charge in [-0.05, 0) is 54.6 Å². The number of thiophene rings is 1. The first-order valence-corrected chi connectivity index (χ1v) is 11.4. The molecule has 1 aromatic carbocycles. The highest BCUT2D eigenvalue weighted by atomic mass is 32.1. The van der Waals surface area contributed by atoms with E-state index >= 15 is 0 Å². The first-order valence-electron chi connectivity index (χ1n) is 10.5. The summed E-state index contributed by atoms with van der Waals surface area (Å²) in [5.41, 5.74) is 4.10. The molecule has 152 valence electrons. The minimum Gasteiger partial charge on any atom is -0.340 e. The third kappa shape index (κ3) is 5.03. The van der Waals surface area contributed by atoms with Crippen LogP contribution < -0.4 is 0 Å². The molecule has 3 nitrogen and oxygen atoms in total. The van der Waals surface area contributed by atoms with Crippen LogP contribution in [0.15, 0.2) is 41.1 Å². The molecule has 3 rings (SSSR count). The molecule has 0 bridgehead atoms. The summed E-state index contributed by atoms with van der Waals surface area (Å²) in [4.78, 5) is 17.5. The highest BCUT2D eigenvalue weighted by molar-refractivity contribution is 7.07. The molecular formula is C24H34N2OS. The van der Waals surface area contributed by atoms with Gasteiger partial charge in [-0.15, -0.1) is 0 Å². The average molecular weight is 399 g/mol. The number of hydrogen-bond acceptors (Lipinski definition) is 3.